The minimum Gasteiger partial charge on any atom is -0.493 e. The summed E-state index contributed by atoms with van der Waals surface area (Å²) in [4.78, 5) is 15.0. The molecule has 1 aliphatic rings. The van der Waals surface area contributed by atoms with Crippen molar-refractivity contribution in [1.29, 1.82) is 0 Å². The fraction of sp³-hybridized carbons (Fsp3) is 0.316. The first-order valence-electron chi connectivity index (χ1n) is 7.82. The van der Waals surface area contributed by atoms with Crippen LogP contribution in [0, 0.1) is 0 Å². The van der Waals surface area contributed by atoms with Crippen LogP contribution in [0.4, 0.5) is 5.69 Å². The Kier molecular flexibility index (Phi) is 4.34. The van der Waals surface area contributed by atoms with Crippen molar-refractivity contribution in [3.05, 3.63) is 47.5 Å². The second-order valence-electron chi connectivity index (χ2n) is 5.77. The van der Waals surface area contributed by atoms with Crippen LogP contribution in [-0.4, -0.2) is 33.3 Å². The van der Waals surface area contributed by atoms with E-state index in [2.05, 4.69) is 13.0 Å². The number of hydrogen-bond acceptors (Lipinski definition) is 4. The van der Waals surface area contributed by atoms with Crippen molar-refractivity contribution in [2.45, 2.75) is 19.4 Å². The van der Waals surface area contributed by atoms with E-state index in [1.54, 1.807) is 33.5 Å². The van der Waals surface area contributed by atoms with Crippen molar-refractivity contribution in [2.24, 2.45) is 0 Å². The van der Waals surface area contributed by atoms with Crippen LogP contribution in [-0.2, 0) is 6.42 Å². The molecule has 0 spiro atoms. The summed E-state index contributed by atoms with van der Waals surface area (Å²) in [5.41, 5.74) is 2.66. The normalized spacial score (nSPS) is 15.8. The largest absolute Gasteiger partial charge is 0.493 e. The molecule has 5 nitrogen and oxygen atoms in total. The summed E-state index contributed by atoms with van der Waals surface area (Å²) >= 11 is 0. The first-order valence-corrected chi connectivity index (χ1v) is 7.82. The number of benzene rings is 2. The molecule has 126 valence electrons. The Labute approximate surface area is 141 Å². The number of anilines is 1. The maximum atomic E-state index is 13.1. The molecular formula is C19H21NO4. The molecule has 3 rings (SSSR count). The van der Waals surface area contributed by atoms with Crippen LogP contribution < -0.4 is 19.1 Å². The number of methoxy groups -OCH3 is 3. The number of fused-ring (bicyclic) bond motifs is 1. The minimum absolute atomic E-state index is 0.0771. The molecule has 0 fully saturated rings. The molecule has 0 aromatic heterocycles. The van der Waals surface area contributed by atoms with Gasteiger partial charge in [0.25, 0.3) is 5.91 Å². The Hall–Kier alpha value is -2.69. The maximum Gasteiger partial charge on any atom is 0.258 e. The van der Waals surface area contributed by atoms with Gasteiger partial charge in [-0.25, -0.2) is 0 Å². The topological polar surface area (TPSA) is 48.0 Å². The maximum absolute atomic E-state index is 13.1. The number of hydrogen-bond donors (Lipinski definition) is 0. The predicted molar refractivity (Wildman–Crippen MR) is 92.5 cm³/mol. The number of ether oxygens (including phenoxy) is 3. The number of carbonyl (C=O) groups is 1. The first kappa shape index (κ1) is 16.2. The molecule has 1 aliphatic heterocycles. The summed E-state index contributed by atoms with van der Waals surface area (Å²) in [5, 5.41) is 0. The number of nitrogens with zero attached hydrogens (tertiary/aromatic N) is 1. The Morgan fingerprint density at radius 3 is 2.25 bits per heavy atom. The number of carbonyl (C=O) groups excluding carboxylic acids is 1. The zero-order chi connectivity index (χ0) is 17.3. The van der Waals surface area contributed by atoms with E-state index in [0.29, 0.717) is 22.8 Å². The highest BCUT2D eigenvalue weighted by Gasteiger charge is 2.32. The van der Waals surface area contributed by atoms with Crippen LogP contribution in [0.2, 0.25) is 0 Å². The highest BCUT2D eigenvalue weighted by molar-refractivity contribution is 6.08. The highest BCUT2D eigenvalue weighted by atomic mass is 16.5. The third kappa shape index (κ3) is 2.56. The van der Waals surface area contributed by atoms with Crippen molar-refractivity contribution in [2.75, 3.05) is 26.2 Å². The lowest BCUT2D eigenvalue weighted by Crippen LogP contribution is -2.35. The van der Waals surface area contributed by atoms with Gasteiger partial charge in [-0.05, 0) is 37.1 Å². The van der Waals surface area contributed by atoms with Gasteiger partial charge in [0.15, 0.2) is 11.5 Å². The third-order valence-electron chi connectivity index (χ3n) is 4.34. The summed E-state index contributed by atoms with van der Waals surface area (Å²) in [6.07, 6.45) is 0.854. The Bertz CT molecular complexity index is 747. The third-order valence-corrected chi connectivity index (χ3v) is 4.34. The van der Waals surface area contributed by atoms with Crippen LogP contribution in [0.25, 0.3) is 0 Å². The average Bonchev–Trinajstić information content (AvgIpc) is 2.95. The van der Waals surface area contributed by atoms with Gasteiger partial charge in [-0.2, -0.15) is 0 Å². The lowest BCUT2D eigenvalue weighted by atomic mass is 10.1. The van der Waals surface area contributed by atoms with Crippen LogP contribution in [0.5, 0.6) is 17.2 Å². The van der Waals surface area contributed by atoms with Gasteiger partial charge in [-0.3, -0.25) is 4.79 Å². The van der Waals surface area contributed by atoms with Crippen LogP contribution in [0.15, 0.2) is 36.4 Å². The molecule has 5 heteroatoms. The smallest absolute Gasteiger partial charge is 0.258 e. The van der Waals surface area contributed by atoms with Gasteiger partial charge in [0.2, 0.25) is 5.75 Å². The van der Waals surface area contributed by atoms with Crippen molar-refractivity contribution in [3.63, 3.8) is 0 Å². The monoisotopic (exact) mass is 327 g/mol. The van der Waals surface area contributed by atoms with Crippen molar-refractivity contribution in [1.82, 2.24) is 0 Å². The summed E-state index contributed by atoms with van der Waals surface area (Å²) in [6.45, 7) is 2.05. The zero-order valence-corrected chi connectivity index (χ0v) is 14.3. The second-order valence-corrected chi connectivity index (χ2v) is 5.77. The molecule has 0 radical (unpaired) electrons. The van der Waals surface area contributed by atoms with E-state index in [9.17, 15) is 4.79 Å². The minimum atomic E-state index is -0.0771. The van der Waals surface area contributed by atoms with E-state index in [0.717, 1.165) is 12.1 Å². The average molecular weight is 327 g/mol. The van der Waals surface area contributed by atoms with Crippen molar-refractivity contribution < 1.29 is 19.0 Å². The van der Waals surface area contributed by atoms with E-state index in [4.69, 9.17) is 14.2 Å². The van der Waals surface area contributed by atoms with Crippen LogP contribution >= 0.6 is 0 Å². The molecule has 1 atom stereocenters. The summed E-state index contributed by atoms with van der Waals surface area (Å²) < 4.78 is 16.0. The molecular weight excluding hydrogens is 306 g/mol. The SMILES string of the molecule is COc1cc(C(=O)N2c3ccccc3C[C@H]2C)cc(OC)c1OC. The lowest BCUT2D eigenvalue weighted by Gasteiger charge is -2.23. The molecule has 0 saturated carbocycles. The Morgan fingerprint density at radius 1 is 1.04 bits per heavy atom. The van der Waals surface area contributed by atoms with Crippen molar-refractivity contribution >= 4 is 11.6 Å². The van der Waals surface area contributed by atoms with E-state index >= 15 is 0 Å². The van der Waals surface area contributed by atoms with E-state index in [1.165, 1.54) is 5.56 Å². The Morgan fingerprint density at radius 2 is 1.67 bits per heavy atom. The van der Waals surface area contributed by atoms with Crippen LogP contribution in [0.1, 0.15) is 22.8 Å². The molecule has 0 unspecified atom stereocenters. The fourth-order valence-electron chi connectivity index (χ4n) is 3.22. The number of para-hydroxylation sites is 1. The summed E-state index contributed by atoms with van der Waals surface area (Å²) in [5.74, 6) is 1.35. The Balaban J connectivity index is 2.05. The van der Waals surface area contributed by atoms with Gasteiger partial charge in [0.1, 0.15) is 0 Å². The van der Waals surface area contributed by atoms with Gasteiger partial charge in [0, 0.05) is 17.3 Å². The molecule has 1 heterocycles. The standard InChI is InChI=1S/C19H21NO4/c1-12-9-13-7-5-6-8-15(13)20(12)19(21)14-10-16(22-2)18(24-4)17(11-14)23-3/h5-8,10-12H,9H2,1-4H3/t12-/m1/s1. The molecule has 24 heavy (non-hydrogen) atoms. The van der Waals surface area contributed by atoms with E-state index in [-0.39, 0.29) is 11.9 Å². The van der Waals surface area contributed by atoms with Gasteiger partial charge < -0.3 is 19.1 Å². The van der Waals surface area contributed by atoms with Gasteiger partial charge in [0.05, 0.1) is 21.3 Å². The summed E-state index contributed by atoms with van der Waals surface area (Å²) in [7, 11) is 4.62. The fourth-order valence-corrected chi connectivity index (χ4v) is 3.22. The van der Waals surface area contributed by atoms with Gasteiger partial charge in [-0.1, -0.05) is 18.2 Å². The quantitative estimate of drug-likeness (QED) is 0.864. The molecule has 0 aliphatic carbocycles. The van der Waals surface area contributed by atoms with E-state index in [1.807, 2.05) is 23.1 Å². The number of rotatable bonds is 4. The number of amides is 1. The molecule has 0 saturated heterocycles. The molecule has 0 bridgehead atoms. The molecule has 0 N–H and O–H groups in total. The highest BCUT2D eigenvalue weighted by Crippen LogP contribution is 2.40. The molecule has 2 aromatic rings. The second kappa shape index (κ2) is 6.43. The zero-order valence-electron chi connectivity index (χ0n) is 14.3. The van der Waals surface area contributed by atoms with Crippen molar-refractivity contribution in [3.8, 4) is 17.2 Å². The van der Waals surface area contributed by atoms with Crippen LogP contribution in [0.3, 0.4) is 0 Å². The van der Waals surface area contributed by atoms with E-state index < -0.39 is 0 Å². The lowest BCUT2D eigenvalue weighted by molar-refractivity contribution is 0.0980. The molecule has 2 aromatic carbocycles. The van der Waals surface area contributed by atoms with Gasteiger partial charge in [-0.15, -0.1) is 0 Å². The summed E-state index contributed by atoms with van der Waals surface area (Å²) in [6, 6.07) is 11.5. The first-order chi connectivity index (χ1) is 11.6. The van der Waals surface area contributed by atoms with Gasteiger partial charge >= 0.3 is 0 Å². The predicted octanol–water partition coefficient (Wildman–Crippen LogP) is 3.30. The molecule has 1 amide bonds.